The third-order valence-corrected chi connectivity index (χ3v) is 5.25. The average Bonchev–Trinajstić information content (AvgIpc) is 2.51. The first kappa shape index (κ1) is 21.0. The van der Waals surface area contributed by atoms with E-state index < -0.39 is 0 Å². The Bertz CT molecular complexity index is 245. The molecule has 2 heteroatoms. The lowest BCUT2D eigenvalue weighted by atomic mass is 9.98. The molecule has 0 saturated carbocycles. The second-order valence-corrected chi connectivity index (χ2v) is 7.77. The Morgan fingerprint density at radius 1 is 0.739 bits per heavy atom. The lowest BCUT2D eigenvalue weighted by Gasteiger charge is -2.40. The van der Waals surface area contributed by atoms with Gasteiger partial charge in [0.1, 0.15) is 0 Å². The standard InChI is InChI=1S/C21H43NO/c1-5-7-9-11-13-15-21(16-14-12-10-8-6-2)22-17-19(3)23-20(4)18-22/h19-21H,5-18H2,1-4H3/t19-,20+. The molecule has 2 nitrogen and oxygen atoms in total. The van der Waals surface area contributed by atoms with E-state index in [2.05, 4.69) is 32.6 Å². The number of hydrogen-bond acceptors (Lipinski definition) is 2. The van der Waals surface area contributed by atoms with Crippen molar-refractivity contribution in [2.75, 3.05) is 13.1 Å². The fourth-order valence-electron chi connectivity index (χ4n) is 3.99. The van der Waals surface area contributed by atoms with Gasteiger partial charge in [0, 0.05) is 19.1 Å². The third-order valence-electron chi connectivity index (χ3n) is 5.25. The molecular weight excluding hydrogens is 282 g/mol. The van der Waals surface area contributed by atoms with E-state index in [1.807, 2.05) is 0 Å². The molecule has 0 unspecified atom stereocenters. The van der Waals surface area contributed by atoms with Crippen LogP contribution in [-0.2, 0) is 4.74 Å². The van der Waals surface area contributed by atoms with Crippen molar-refractivity contribution in [1.29, 1.82) is 0 Å². The van der Waals surface area contributed by atoms with Gasteiger partial charge in [-0.25, -0.2) is 0 Å². The molecule has 1 aliphatic heterocycles. The molecule has 1 fully saturated rings. The van der Waals surface area contributed by atoms with Crippen LogP contribution in [0.4, 0.5) is 0 Å². The molecule has 0 radical (unpaired) electrons. The predicted molar refractivity (Wildman–Crippen MR) is 102 cm³/mol. The number of rotatable bonds is 13. The third kappa shape index (κ3) is 9.72. The van der Waals surface area contributed by atoms with Crippen LogP contribution in [0.3, 0.4) is 0 Å². The molecule has 0 bridgehead atoms. The van der Waals surface area contributed by atoms with Gasteiger partial charge in [0.15, 0.2) is 0 Å². The smallest absolute Gasteiger partial charge is 0.0678 e. The molecule has 138 valence electrons. The second-order valence-electron chi connectivity index (χ2n) is 7.77. The van der Waals surface area contributed by atoms with Crippen molar-refractivity contribution < 1.29 is 4.74 Å². The van der Waals surface area contributed by atoms with Gasteiger partial charge in [-0.1, -0.05) is 78.1 Å². The summed E-state index contributed by atoms with van der Waals surface area (Å²) < 4.78 is 5.94. The van der Waals surface area contributed by atoms with Gasteiger partial charge in [-0.3, -0.25) is 4.90 Å². The fraction of sp³-hybridized carbons (Fsp3) is 1.00. The Hall–Kier alpha value is -0.0800. The zero-order valence-corrected chi connectivity index (χ0v) is 16.5. The van der Waals surface area contributed by atoms with Gasteiger partial charge >= 0.3 is 0 Å². The number of morpholine rings is 1. The summed E-state index contributed by atoms with van der Waals surface area (Å²) in [4.78, 5) is 2.75. The zero-order valence-electron chi connectivity index (χ0n) is 16.5. The van der Waals surface area contributed by atoms with Gasteiger partial charge in [0.05, 0.1) is 12.2 Å². The van der Waals surface area contributed by atoms with E-state index in [1.165, 1.54) is 77.0 Å². The molecule has 0 aromatic rings. The highest BCUT2D eigenvalue weighted by atomic mass is 16.5. The van der Waals surface area contributed by atoms with Crippen molar-refractivity contribution in [3.8, 4) is 0 Å². The van der Waals surface area contributed by atoms with Crippen LogP contribution in [0.1, 0.15) is 105 Å². The highest BCUT2D eigenvalue weighted by molar-refractivity contribution is 4.80. The van der Waals surface area contributed by atoms with Crippen LogP contribution in [0.25, 0.3) is 0 Å². The number of unbranched alkanes of at least 4 members (excludes halogenated alkanes) is 8. The molecule has 1 heterocycles. The zero-order chi connectivity index (χ0) is 16.9. The molecule has 1 saturated heterocycles. The summed E-state index contributed by atoms with van der Waals surface area (Å²) in [6.45, 7) is 11.4. The summed E-state index contributed by atoms with van der Waals surface area (Å²) in [6, 6.07) is 0.798. The molecule has 0 aromatic heterocycles. The Balaban J connectivity index is 2.36. The number of nitrogens with zero attached hydrogens (tertiary/aromatic N) is 1. The first-order valence-electron chi connectivity index (χ1n) is 10.6. The molecular formula is C21H43NO. The van der Waals surface area contributed by atoms with E-state index >= 15 is 0 Å². The van der Waals surface area contributed by atoms with E-state index in [9.17, 15) is 0 Å². The van der Waals surface area contributed by atoms with Crippen molar-refractivity contribution in [2.24, 2.45) is 0 Å². The molecule has 0 amide bonds. The van der Waals surface area contributed by atoms with Gasteiger partial charge in [0.2, 0.25) is 0 Å². The number of ether oxygens (including phenoxy) is 1. The Morgan fingerprint density at radius 2 is 1.17 bits per heavy atom. The Morgan fingerprint density at radius 3 is 1.61 bits per heavy atom. The quantitative estimate of drug-likeness (QED) is 0.375. The highest BCUT2D eigenvalue weighted by Crippen LogP contribution is 2.22. The van der Waals surface area contributed by atoms with Gasteiger partial charge in [0.25, 0.3) is 0 Å². The Kier molecular flexibility index (Phi) is 12.1. The topological polar surface area (TPSA) is 12.5 Å². The first-order valence-corrected chi connectivity index (χ1v) is 10.6. The minimum absolute atomic E-state index is 0.404. The van der Waals surface area contributed by atoms with Crippen LogP contribution in [0.2, 0.25) is 0 Å². The Labute approximate surface area is 146 Å². The van der Waals surface area contributed by atoms with Crippen molar-refractivity contribution in [2.45, 2.75) is 123 Å². The average molecular weight is 326 g/mol. The minimum Gasteiger partial charge on any atom is -0.373 e. The summed E-state index contributed by atoms with van der Waals surface area (Å²) in [5.41, 5.74) is 0. The summed E-state index contributed by atoms with van der Waals surface area (Å²) in [5, 5.41) is 0. The molecule has 0 aromatic carbocycles. The van der Waals surface area contributed by atoms with Gasteiger partial charge in [-0.15, -0.1) is 0 Å². The largest absolute Gasteiger partial charge is 0.373 e. The molecule has 2 atom stereocenters. The summed E-state index contributed by atoms with van der Waals surface area (Å²) in [7, 11) is 0. The van der Waals surface area contributed by atoms with Gasteiger partial charge in [-0.2, -0.15) is 0 Å². The summed E-state index contributed by atoms with van der Waals surface area (Å²) >= 11 is 0. The van der Waals surface area contributed by atoms with Crippen LogP contribution in [0, 0.1) is 0 Å². The molecule has 1 rings (SSSR count). The van der Waals surface area contributed by atoms with Crippen LogP contribution in [0.5, 0.6) is 0 Å². The molecule has 0 N–H and O–H groups in total. The maximum atomic E-state index is 5.94. The molecule has 0 spiro atoms. The lowest BCUT2D eigenvalue weighted by molar-refractivity contribution is -0.0825. The SMILES string of the molecule is CCCCCCCC(CCCCCCC)N1C[C@@H](C)O[C@@H](C)C1. The van der Waals surface area contributed by atoms with E-state index in [0.29, 0.717) is 12.2 Å². The second kappa shape index (κ2) is 13.2. The van der Waals surface area contributed by atoms with E-state index in [1.54, 1.807) is 0 Å². The van der Waals surface area contributed by atoms with E-state index in [4.69, 9.17) is 4.74 Å². The van der Waals surface area contributed by atoms with Crippen molar-refractivity contribution in [3.05, 3.63) is 0 Å². The fourth-order valence-corrected chi connectivity index (χ4v) is 3.99. The van der Waals surface area contributed by atoms with Crippen LogP contribution in [0.15, 0.2) is 0 Å². The van der Waals surface area contributed by atoms with Crippen LogP contribution < -0.4 is 0 Å². The molecule has 23 heavy (non-hydrogen) atoms. The van der Waals surface area contributed by atoms with E-state index in [-0.39, 0.29) is 0 Å². The van der Waals surface area contributed by atoms with Crippen molar-refractivity contribution >= 4 is 0 Å². The maximum absolute atomic E-state index is 5.94. The summed E-state index contributed by atoms with van der Waals surface area (Å²) in [6.07, 6.45) is 17.7. The van der Waals surface area contributed by atoms with Crippen molar-refractivity contribution in [3.63, 3.8) is 0 Å². The van der Waals surface area contributed by atoms with Gasteiger partial charge in [-0.05, 0) is 26.7 Å². The minimum atomic E-state index is 0.404. The maximum Gasteiger partial charge on any atom is 0.0678 e. The summed E-state index contributed by atoms with van der Waals surface area (Å²) in [5.74, 6) is 0. The predicted octanol–water partition coefficient (Wildman–Crippen LogP) is 6.19. The van der Waals surface area contributed by atoms with Crippen LogP contribution in [-0.4, -0.2) is 36.2 Å². The normalized spacial score (nSPS) is 22.8. The first-order chi connectivity index (χ1) is 11.2. The van der Waals surface area contributed by atoms with Crippen molar-refractivity contribution in [1.82, 2.24) is 4.90 Å². The number of hydrogen-bond donors (Lipinski definition) is 0. The molecule has 1 aliphatic rings. The molecule has 0 aliphatic carbocycles. The highest BCUT2D eigenvalue weighted by Gasteiger charge is 2.27. The van der Waals surface area contributed by atoms with Gasteiger partial charge < -0.3 is 4.74 Å². The monoisotopic (exact) mass is 325 g/mol. The van der Waals surface area contributed by atoms with Crippen LogP contribution >= 0.6 is 0 Å². The van der Waals surface area contributed by atoms with E-state index in [0.717, 1.165) is 19.1 Å². The lowest BCUT2D eigenvalue weighted by Crippen LogP contribution is -2.50.